The predicted molar refractivity (Wildman–Crippen MR) is 108 cm³/mol. The number of anilines is 1. The summed E-state index contributed by atoms with van der Waals surface area (Å²) in [5.41, 5.74) is 2.45. The lowest BCUT2D eigenvalue weighted by molar-refractivity contribution is 0.322. The molecule has 0 saturated carbocycles. The Morgan fingerprint density at radius 1 is 1.25 bits per heavy atom. The fraction of sp³-hybridized carbons (Fsp3) is 0.158. The average Bonchev–Trinajstić information content (AvgIpc) is 3.11. The Morgan fingerprint density at radius 3 is 2.71 bits per heavy atom. The molecule has 8 nitrogen and oxygen atoms in total. The number of nitrogens with zero attached hydrogens (tertiary/aromatic N) is 3. The van der Waals surface area contributed by atoms with Gasteiger partial charge in [0, 0.05) is 25.7 Å². The van der Waals surface area contributed by atoms with Crippen molar-refractivity contribution in [2.75, 3.05) is 11.3 Å². The van der Waals surface area contributed by atoms with Gasteiger partial charge in [0.25, 0.3) is 10.0 Å². The molecule has 3 aromatic rings. The molecule has 0 aliphatic rings. The van der Waals surface area contributed by atoms with Crippen LogP contribution in [0.15, 0.2) is 71.2 Å². The van der Waals surface area contributed by atoms with E-state index in [1.54, 1.807) is 42.1 Å². The van der Waals surface area contributed by atoms with Crippen LogP contribution in [-0.4, -0.2) is 30.8 Å². The normalized spacial score (nSPS) is 11.6. The van der Waals surface area contributed by atoms with E-state index in [0.29, 0.717) is 24.5 Å². The maximum absolute atomic E-state index is 12.4. The fourth-order valence-electron chi connectivity index (χ4n) is 2.53. The Bertz CT molecular complexity index is 1060. The van der Waals surface area contributed by atoms with Crippen molar-refractivity contribution in [3.05, 3.63) is 72.2 Å². The number of nitrogens with two attached hydrogens (primary N) is 1. The summed E-state index contributed by atoms with van der Waals surface area (Å²) in [6.45, 7) is 0.459. The highest BCUT2D eigenvalue weighted by molar-refractivity contribution is 7.92. The van der Waals surface area contributed by atoms with Gasteiger partial charge in [-0.3, -0.25) is 4.72 Å². The molecule has 146 valence electrons. The quantitative estimate of drug-likeness (QED) is 0.342. The highest BCUT2D eigenvalue weighted by Gasteiger charge is 2.17. The number of aryl methyl sites for hydroxylation is 1. The first-order valence-corrected chi connectivity index (χ1v) is 10.0. The van der Waals surface area contributed by atoms with Crippen molar-refractivity contribution in [3.63, 3.8) is 0 Å². The van der Waals surface area contributed by atoms with E-state index in [-0.39, 0.29) is 5.03 Å². The van der Waals surface area contributed by atoms with Gasteiger partial charge in [-0.2, -0.15) is 13.5 Å². The molecular formula is C19H21N5O3S. The molecule has 0 amide bonds. The van der Waals surface area contributed by atoms with E-state index >= 15 is 0 Å². The van der Waals surface area contributed by atoms with E-state index in [1.165, 1.54) is 12.5 Å². The summed E-state index contributed by atoms with van der Waals surface area (Å²) in [6.07, 6.45) is 5.17. The van der Waals surface area contributed by atoms with Gasteiger partial charge in [0.15, 0.2) is 5.03 Å². The number of sulfonamides is 1. The maximum Gasteiger partial charge on any atom is 0.280 e. The Labute approximate surface area is 163 Å². The lowest BCUT2D eigenvalue weighted by Gasteiger charge is -2.10. The second-order valence-electron chi connectivity index (χ2n) is 6.13. The third-order valence-electron chi connectivity index (χ3n) is 3.91. The van der Waals surface area contributed by atoms with Gasteiger partial charge in [0.1, 0.15) is 5.75 Å². The lowest BCUT2D eigenvalue weighted by Crippen LogP contribution is -2.13. The molecule has 0 unspecified atom stereocenters. The van der Waals surface area contributed by atoms with Crippen LogP contribution in [0, 0.1) is 0 Å². The van der Waals surface area contributed by atoms with Gasteiger partial charge in [0.2, 0.25) is 0 Å². The van der Waals surface area contributed by atoms with Crippen LogP contribution in [0.25, 0.3) is 0 Å². The number of ether oxygens (including phenoxy) is 1. The monoisotopic (exact) mass is 399 g/mol. The maximum atomic E-state index is 12.4. The molecule has 0 fully saturated rings. The molecule has 1 aromatic heterocycles. The van der Waals surface area contributed by atoms with Gasteiger partial charge in [-0.1, -0.05) is 30.3 Å². The van der Waals surface area contributed by atoms with E-state index in [2.05, 4.69) is 14.8 Å². The summed E-state index contributed by atoms with van der Waals surface area (Å²) in [4.78, 5) is 3.87. The first-order valence-electron chi connectivity index (χ1n) is 8.52. The minimum absolute atomic E-state index is 0.0375. The summed E-state index contributed by atoms with van der Waals surface area (Å²) in [5.74, 6) is 5.71. The molecule has 3 rings (SSSR count). The minimum Gasteiger partial charge on any atom is -0.493 e. The van der Waals surface area contributed by atoms with Crippen molar-refractivity contribution in [2.24, 2.45) is 18.0 Å². The highest BCUT2D eigenvalue weighted by Crippen LogP contribution is 2.20. The highest BCUT2D eigenvalue weighted by atomic mass is 32.2. The Morgan fingerprint density at radius 2 is 2.04 bits per heavy atom. The molecular weight excluding hydrogens is 378 g/mol. The molecule has 9 heteroatoms. The summed E-state index contributed by atoms with van der Waals surface area (Å²) in [7, 11) is -2.03. The van der Waals surface area contributed by atoms with E-state index in [9.17, 15) is 8.42 Å². The zero-order chi connectivity index (χ0) is 20.0. The second kappa shape index (κ2) is 8.57. The third-order valence-corrected chi connectivity index (χ3v) is 5.17. The van der Waals surface area contributed by atoms with Crippen LogP contribution >= 0.6 is 0 Å². The van der Waals surface area contributed by atoms with Gasteiger partial charge in [0.05, 0.1) is 24.8 Å². The lowest BCUT2D eigenvalue weighted by atomic mass is 10.1. The van der Waals surface area contributed by atoms with E-state index in [4.69, 9.17) is 10.6 Å². The van der Waals surface area contributed by atoms with Gasteiger partial charge in [-0.15, -0.1) is 0 Å². The largest absolute Gasteiger partial charge is 0.493 e. The first-order chi connectivity index (χ1) is 13.5. The zero-order valence-electron chi connectivity index (χ0n) is 15.3. The van der Waals surface area contributed by atoms with Crippen LogP contribution in [0.2, 0.25) is 0 Å². The Balaban J connectivity index is 1.59. The number of hydrogen-bond acceptors (Lipinski definition) is 6. The smallest absolute Gasteiger partial charge is 0.280 e. The van der Waals surface area contributed by atoms with Crippen LogP contribution in [0.5, 0.6) is 5.75 Å². The Kier molecular flexibility index (Phi) is 5.95. The molecule has 3 N–H and O–H groups in total. The summed E-state index contributed by atoms with van der Waals surface area (Å²) in [5, 5.41) is 3.45. The first kappa shape index (κ1) is 19.4. The Hall–Kier alpha value is -3.33. The topological polar surface area (TPSA) is 112 Å². The molecule has 1 heterocycles. The van der Waals surface area contributed by atoms with Crippen LogP contribution in [0.4, 0.5) is 5.69 Å². The molecule has 0 radical (unpaired) electrons. The number of benzene rings is 2. The van der Waals surface area contributed by atoms with Crippen molar-refractivity contribution in [1.29, 1.82) is 0 Å². The van der Waals surface area contributed by atoms with Crippen molar-refractivity contribution < 1.29 is 13.2 Å². The third kappa shape index (κ3) is 5.10. The number of imidazole rings is 1. The summed E-state index contributed by atoms with van der Waals surface area (Å²) in [6, 6.07) is 14.6. The number of aromatic nitrogens is 2. The van der Waals surface area contributed by atoms with Gasteiger partial charge in [-0.05, 0) is 23.3 Å². The SMILES string of the molecule is Cn1cnc(S(=O)(=O)Nc2cccc(OCCc3ccc(/C=N\N)cc3)c2)c1. The molecule has 0 aliphatic heterocycles. The van der Waals surface area contributed by atoms with Gasteiger partial charge in [-0.25, -0.2) is 4.98 Å². The molecule has 0 atom stereocenters. The predicted octanol–water partition coefficient (Wildman–Crippen LogP) is 2.13. The average molecular weight is 399 g/mol. The van der Waals surface area contributed by atoms with Gasteiger partial charge < -0.3 is 15.1 Å². The molecule has 0 bridgehead atoms. The molecule has 0 saturated heterocycles. The zero-order valence-corrected chi connectivity index (χ0v) is 16.1. The van der Waals surface area contributed by atoms with Crippen molar-refractivity contribution in [3.8, 4) is 5.75 Å². The molecule has 2 aromatic carbocycles. The van der Waals surface area contributed by atoms with Crippen molar-refractivity contribution >= 4 is 21.9 Å². The number of hydrazone groups is 1. The number of nitrogens with one attached hydrogen (secondary N) is 1. The number of hydrogen-bond donors (Lipinski definition) is 2. The van der Waals surface area contributed by atoms with Crippen LogP contribution in [0.3, 0.4) is 0 Å². The summed E-state index contributed by atoms with van der Waals surface area (Å²) < 4.78 is 34.5. The van der Waals surface area contributed by atoms with Gasteiger partial charge >= 0.3 is 0 Å². The fourth-order valence-corrected chi connectivity index (χ4v) is 3.56. The van der Waals surface area contributed by atoms with Crippen LogP contribution in [0.1, 0.15) is 11.1 Å². The van der Waals surface area contributed by atoms with E-state index < -0.39 is 10.0 Å². The van der Waals surface area contributed by atoms with Crippen molar-refractivity contribution in [2.45, 2.75) is 11.4 Å². The van der Waals surface area contributed by atoms with E-state index in [0.717, 1.165) is 11.1 Å². The van der Waals surface area contributed by atoms with Crippen molar-refractivity contribution in [1.82, 2.24) is 9.55 Å². The van der Waals surface area contributed by atoms with Crippen LogP contribution in [-0.2, 0) is 23.5 Å². The van der Waals surface area contributed by atoms with E-state index in [1.807, 2.05) is 24.3 Å². The molecule has 0 spiro atoms. The van der Waals surface area contributed by atoms with Crippen LogP contribution < -0.4 is 15.3 Å². The number of rotatable bonds is 8. The standard InChI is InChI=1S/C19H21N5O3S/c1-24-13-19(21-14-24)28(25,26)23-17-3-2-4-18(11-17)27-10-9-15-5-7-16(8-6-15)12-22-20/h2-8,11-14,23H,9-10,20H2,1H3/b22-12-. The summed E-state index contributed by atoms with van der Waals surface area (Å²) >= 11 is 0. The molecule has 0 aliphatic carbocycles. The molecule has 28 heavy (non-hydrogen) atoms. The minimum atomic E-state index is -3.74. The second-order valence-corrected chi connectivity index (χ2v) is 7.76.